The lowest BCUT2D eigenvalue weighted by molar-refractivity contribution is -0.123. The quantitative estimate of drug-likeness (QED) is 0.929. The first-order valence-corrected chi connectivity index (χ1v) is 8.82. The molecule has 1 saturated heterocycles. The van der Waals surface area contributed by atoms with Crippen LogP contribution in [0.5, 0.6) is 0 Å². The fourth-order valence-electron chi connectivity index (χ4n) is 4.02. The maximum absolute atomic E-state index is 13.2. The standard InChI is InChI=1S/C19H19FN4O/c20-12-3-1-11(2-4-12)18-16(7-21-10-22-18)24-8-14-15(9-24)17(14)19(25)23-13-5-6-13/h1-4,7,10,13-15,17H,5-6,8-9H2,(H,23,25). The molecule has 1 amide bonds. The van der Waals surface area contributed by atoms with Crippen molar-refractivity contribution < 1.29 is 9.18 Å². The van der Waals surface area contributed by atoms with Gasteiger partial charge in [0, 0.05) is 30.6 Å². The normalized spacial score (nSPS) is 27.1. The zero-order valence-electron chi connectivity index (χ0n) is 13.7. The van der Waals surface area contributed by atoms with Crippen molar-refractivity contribution in [2.24, 2.45) is 17.8 Å². The number of amides is 1. The van der Waals surface area contributed by atoms with Gasteiger partial charge in [0.2, 0.25) is 5.91 Å². The van der Waals surface area contributed by atoms with Crippen LogP contribution in [-0.4, -0.2) is 35.0 Å². The van der Waals surface area contributed by atoms with E-state index in [1.165, 1.54) is 18.5 Å². The van der Waals surface area contributed by atoms with Crippen LogP contribution in [0.25, 0.3) is 11.3 Å². The number of carbonyl (C=O) groups is 1. The third-order valence-electron chi connectivity index (χ3n) is 5.57. The monoisotopic (exact) mass is 338 g/mol. The maximum Gasteiger partial charge on any atom is 0.224 e. The molecule has 25 heavy (non-hydrogen) atoms. The number of nitrogens with one attached hydrogen (secondary N) is 1. The number of hydrogen-bond acceptors (Lipinski definition) is 4. The molecule has 1 aliphatic heterocycles. The van der Waals surface area contributed by atoms with Gasteiger partial charge in [0.25, 0.3) is 0 Å². The first kappa shape index (κ1) is 14.8. The summed E-state index contributed by atoms with van der Waals surface area (Å²) in [6.45, 7) is 1.71. The molecule has 3 fully saturated rings. The van der Waals surface area contributed by atoms with Gasteiger partial charge in [0.15, 0.2) is 0 Å². The number of halogens is 1. The van der Waals surface area contributed by atoms with Gasteiger partial charge in [0.05, 0.1) is 17.6 Å². The van der Waals surface area contributed by atoms with Gasteiger partial charge in [0.1, 0.15) is 12.1 Å². The highest BCUT2D eigenvalue weighted by atomic mass is 19.1. The van der Waals surface area contributed by atoms with Crippen molar-refractivity contribution in [1.82, 2.24) is 15.3 Å². The molecular weight excluding hydrogens is 319 g/mol. The average molecular weight is 338 g/mol. The van der Waals surface area contributed by atoms with Crippen molar-refractivity contribution in [2.45, 2.75) is 18.9 Å². The summed E-state index contributed by atoms with van der Waals surface area (Å²) in [6, 6.07) is 6.80. The number of piperidine rings is 1. The molecule has 0 spiro atoms. The Hall–Kier alpha value is -2.50. The largest absolute Gasteiger partial charge is 0.368 e. The molecule has 2 atom stereocenters. The summed E-state index contributed by atoms with van der Waals surface area (Å²) in [7, 11) is 0. The molecule has 1 N–H and O–H groups in total. The van der Waals surface area contributed by atoms with Gasteiger partial charge in [-0.2, -0.15) is 0 Å². The Bertz CT molecular complexity index is 808. The van der Waals surface area contributed by atoms with E-state index in [4.69, 9.17) is 0 Å². The molecule has 3 aliphatic rings. The number of fused-ring (bicyclic) bond motifs is 1. The molecule has 1 aromatic carbocycles. The van der Waals surface area contributed by atoms with Gasteiger partial charge in [-0.25, -0.2) is 14.4 Å². The van der Waals surface area contributed by atoms with E-state index < -0.39 is 0 Å². The van der Waals surface area contributed by atoms with Crippen LogP contribution in [0, 0.1) is 23.6 Å². The van der Waals surface area contributed by atoms with Crippen molar-refractivity contribution in [3.8, 4) is 11.3 Å². The minimum atomic E-state index is -0.258. The van der Waals surface area contributed by atoms with Crippen LogP contribution in [0.15, 0.2) is 36.8 Å². The molecule has 2 aliphatic carbocycles. The van der Waals surface area contributed by atoms with Gasteiger partial charge in [-0.15, -0.1) is 0 Å². The second-order valence-corrected chi connectivity index (χ2v) is 7.30. The fraction of sp³-hybridized carbons (Fsp3) is 0.421. The molecule has 0 bridgehead atoms. The Morgan fingerprint density at radius 1 is 1.16 bits per heavy atom. The minimum absolute atomic E-state index is 0.177. The van der Waals surface area contributed by atoms with E-state index in [-0.39, 0.29) is 17.6 Å². The Morgan fingerprint density at radius 3 is 2.56 bits per heavy atom. The van der Waals surface area contributed by atoms with Crippen molar-refractivity contribution in [3.63, 3.8) is 0 Å². The Morgan fingerprint density at radius 2 is 1.88 bits per heavy atom. The molecule has 1 aromatic heterocycles. The predicted molar refractivity (Wildman–Crippen MR) is 91.3 cm³/mol. The second kappa shape index (κ2) is 5.51. The molecule has 128 valence electrons. The number of carbonyl (C=O) groups excluding carboxylic acids is 1. The molecule has 2 unspecified atom stereocenters. The minimum Gasteiger partial charge on any atom is -0.368 e. The van der Waals surface area contributed by atoms with E-state index in [1.54, 1.807) is 12.1 Å². The zero-order valence-corrected chi connectivity index (χ0v) is 13.7. The summed E-state index contributed by atoms with van der Waals surface area (Å²) in [5.74, 6) is 1.02. The molecule has 2 saturated carbocycles. The van der Waals surface area contributed by atoms with Crippen molar-refractivity contribution in [3.05, 3.63) is 42.6 Å². The van der Waals surface area contributed by atoms with Crippen molar-refractivity contribution >= 4 is 11.6 Å². The number of hydrogen-bond donors (Lipinski definition) is 1. The Labute approximate surface area is 145 Å². The topological polar surface area (TPSA) is 58.1 Å². The van der Waals surface area contributed by atoms with Crippen molar-refractivity contribution in [2.75, 3.05) is 18.0 Å². The molecule has 0 radical (unpaired) electrons. The molecular formula is C19H19FN4O. The van der Waals surface area contributed by atoms with E-state index in [9.17, 15) is 9.18 Å². The van der Waals surface area contributed by atoms with Crippen molar-refractivity contribution in [1.29, 1.82) is 0 Å². The van der Waals surface area contributed by atoms with Crippen LogP contribution in [0.3, 0.4) is 0 Å². The highest BCUT2D eigenvalue weighted by Gasteiger charge is 2.60. The third kappa shape index (κ3) is 2.65. The molecule has 6 heteroatoms. The Kier molecular flexibility index (Phi) is 3.26. The molecule has 5 rings (SSSR count). The van der Waals surface area contributed by atoms with Gasteiger partial charge in [-0.05, 0) is 48.9 Å². The number of rotatable bonds is 4. The van der Waals surface area contributed by atoms with Gasteiger partial charge in [-0.1, -0.05) is 0 Å². The first-order valence-electron chi connectivity index (χ1n) is 8.82. The first-order chi connectivity index (χ1) is 12.2. The summed E-state index contributed by atoms with van der Waals surface area (Å²) >= 11 is 0. The van der Waals surface area contributed by atoms with Crippen LogP contribution in [0.1, 0.15) is 12.8 Å². The van der Waals surface area contributed by atoms with Crippen LogP contribution in [-0.2, 0) is 4.79 Å². The molecule has 2 heterocycles. The van der Waals surface area contributed by atoms with Crippen LogP contribution >= 0.6 is 0 Å². The highest BCUT2D eigenvalue weighted by Crippen LogP contribution is 2.53. The van der Waals surface area contributed by atoms with Crippen LogP contribution in [0.2, 0.25) is 0 Å². The van der Waals surface area contributed by atoms with E-state index in [0.29, 0.717) is 17.9 Å². The predicted octanol–water partition coefficient (Wildman–Crippen LogP) is 2.24. The SMILES string of the molecule is O=C(NC1CC1)C1C2CN(c3cncnc3-c3ccc(F)cc3)CC21. The average Bonchev–Trinajstić information content (AvgIpc) is 3.53. The number of aromatic nitrogens is 2. The lowest BCUT2D eigenvalue weighted by Gasteiger charge is -2.23. The summed E-state index contributed by atoms with van der Waals surface area (Å²) in [5, 5.41) is 3.12. The van der Waals surface area contributed by atoms with Crippen LogP contribution in [0.4, 0.5) is 10.1 Å². The zero-order chi connectivity index (χ0) is 17.0. The van der Waals surface area contributed by atoms with Gasteiger partial charge >= 0.3 is 0 Å². The summed E-state index contributed by atoms with van der Waals surface area (Å²) in [4.78, 5) is 23.1. The number of anilines is 1. The van der Waals surface area contributed by atoms with Gasteiger partial charge < -0.3 is 10.2 Å². The number of nitrogens with zero attached hydrogens (tertiary/aromatic N) is 3. The van der Waals surface area contributed by atoms with E-state index in [0.717, 1.165) is 42.9 Å². The van der Waals surface area contributed by atoms with E-state index in [1.807, 2.05) is 6.20 Å². The maximum atomic E-state index is 13.2. The highest BCUT2D eigenvalue weighted by molar-refractivity contribution is 5.84. The lowest BCUT2D eigenvalue weighted by atomic mass is 10.1. The van der Waals surface area contributed by atoms with E-state index in [2.05, 4.69) is 20.2 Å². The number of benzene rings is 1. The second-order valence-electron chi connectivity index (χ2n) is 7.30. The smallest absolute Gasteiger partial charge is 0.224 e. The lowest BCUT2D eigenvalue weighted by Crippen LogP contribution is -2.33. The molecule has 2 aromatic rings. The van der Waals surface area contributed by atoms with E-state index >= 15 is 0 Å². The third-order valence-corrected chi connectivity index (χ3v) is 5.57. The van der Waals surface area contributed by atoms with Gasteiger partial charge in [-0.3, -0.25) is 4.79 Å². The Balaban J connectivity index is 1.33. The fourth-order valence-corrected chi connectivity index (χ4v) is 4.02. The summed E-state index contributed by atoms with van der Waals surface area (Å²) in [5.41, 5.74) is 2.65. The van der Waals surface area contributed by atoms with Crippen LogP contribution < -0.4 is 10.2 Å². The molecule has 5 nitrogen and oxygen atoms in total. The summed E-state index contributed by atoms with van der Waals surface area (Å²) < 4.78 is 13.2. The summed E-state index contributed by atoms with van der Waals surface area (Å²) in [6.07, 6.45) is 5.59.